The summed E-state index contributed by atoms with van der Waals surface area (Å²) < 4.78 is 24.8. The van der Waals surface area contributed by atoms with Gasteiger partial charge in [0.1, 0.15) is 11.6 Å². The second-order valence-electron chi connectivity index (χ2n) is 7.84. The molecule has 1 amide bonds. The largest absolute Gasteiger partial charge is 0.493 e. The van der Waals surface area contributed by atoms with Gasteiger partial charge in [0.2, 0.25) is 0 Å². The van der Waals surface area contributed by atoms with Crippen molar-refractivity contribution in [3.63, 3.8) is 0 Å². The van der Waals surface area contributed by atoms with Gasteiger partial charge in [0.15, 0.2) is 0 Å². The van der Waals surface area contributed by atoms with Gasteiger partial charge in [0.25, 0.3) is 5.91 Å². The van der Waals surface area contributed by atoms with E-state index in [1.807, 2.05) is 24.8 Å². The second-order valence-corrected chi connectivity index (χ2v) is 7.84. The van der Waals surface area contributed by atoms with Crippen molar-refractivity contribution in [2.75, 3.05) is 33.4 Å². The Hall–Kier alpha value is -2.18. The predicted molar refractivity (Wildman–Crippen MR) is 113 cm³/mol. The Kier molecular flexibility index (Phi) is 7.45. The molecule has 1 aliphatic heterocycles. The van der Waals surface area contributed by atoms with Crippen molar-refractivity contribution in [3.05, 3.63) is 41.7 Å². The lowest BCUT2D eigenvalue weighted by Gasteiger charge is -2.37. The summed E-state index contributed by atoms with van der Waals surface area (Å²) in [5.74, 6) is 0.198. The molecule has 6 heteroatoms. The summed E-state index contributed by atoms with van der Waals surface area (Å²) in [6, 6.07) is 8.42. The molecule has 0 bridgehead atoms. The van der Waals surface area contributed by atoms with E-state index in [-0.39, 0.29) is 23.8 Å². The van der Waals surface area contributed by atoms with Crippen LogP contribution in [0.15, 0.2) is 30.3 Å². The Balaban J connectivity index is 1.94. The van der Waals surface area contributed by atoms with Gasteiger partial charge in [-0.1, -0.05) is 6.07 Å². The Bertz CT molecular complexity index is 834. The molecule has 1 atom stereocenters. The van der Waals surface area contributed by atoms with E-state index < -0.39 is 0 Å². The summed E-state index contributed by atoms with van der Waals surface area (Å²) in [6.45, 7) is 6.93. The van der Waals surface area contributed by atoms with Crippen molar-refractivity contribution in [1.29, 1.82) is 0 Å². The summed E-state index contributed by atoms with van der Waals surface area (Å²) in [5.41, 5.74) is 0.574. The number of carbonyl (C=O) groups is 1. The van der Waals surface area contributed by atoms with Gasteiger partial charge in [-0.05, 0) is 62.9 Å². The molecule has 0 spiro atoms. The maximum atomic E-state index is 13.8. The third-order valence-corrected chi connectivity index (χ3v) is 5.33. The number of fused-ring (bicyclic) bond motifs is 1. The third kappa shape index (κ3) is 5.25. The Morgan fingerprint density at radius 3 is 2.79 bits per heavy atom. The number of hydrogen-bond acceptors (Lipinski definition) is 4. The average Bonchev–Trinajstić information content (AvgIpc) is 2.71. The highest BCUT2D eigenvalue weighted by Crippen LogP contribution is 2.30. The Labute approximate surface area is 172 Å². The van der Waals surface area contributed by atoms with Gasteiger partial charge < -0.3 is 19.7 Å². The van der Waals surface area contributed by atoms with Crippen LogP contribution >= 0.6 is 0 Å². The van der Waals surface area contributed by atoms with Crippen LogP contribution in [0.1, 0.15) is 43.5 Å². The molecule has 5 nitrogen and oxygen atoms in total. The molecule has 2 aromatic carbocycles. The standard InChI is InChI=1S/C23H31FN2O3/c1-16(2)26(20-6-4-9-25-15-20)23(27)18-12-17-7-8-19(24)14-21(17)22(13-18)29-11-5-10-28-3/h7-8,12-14,16,20,25H,4-6,9-11,15H2,1-3H3. The number of piperidine rings is 1. The summed E-state index contributed by atoms with van der Waals surface area (Å²) in [4.78, 5) is 15.4. The molecule has 0 saturated carbocycles. The molecular formula is C23H31FN2O3. The molecule has 2 aromatic rings. The molecular weight excluding hydrogens is 371 g/mol. The van der Waals surface area contributed by atoms with Gasteiger partial charge in [0, 0.05) is 49.7 Å². The van der Waals surface area contributed by atoms with Crippen LogP contribution in [0.2, 0.25) is 0 Å². The van der Waals surface area contributed by atoms with E-state index >= 15 is 0 Å². The lowest BCUT2D eigenvalue weighted by Crippen LogP contribution is -2.51. The van der Waals surface area contributed by atoms with Crippen molar-refractivity contribution in [1.82, 2.24) is 10.2 Å². The quantitative estimate of drug-likeness (QED) is 0.678. The van der Waals surface area contributed by atoms with Crippen LogP contribution in [0.25, 0.3) is 10.8 Å². The van der Waals surface area contributed by atoms with Crippen LogP contribution in [-0.2, 0) is 4.74 Å². The number of amides is 1. The highest BCUT2D eigenvalue weighted by Gasteiger charge is 2.29. The first-order valence-corrected chi connectivity index (χ1v) is 10.4. The monoisotopic (exact) mass is 402 g/mol. The molecule has 0 aromatic heterocycles. The number of halogens is 1. The average molecular weight is 403 g/mol. The molecule has 3 rings (SSSR count). The number of ether oxygens (including phenoxy) is 2. The maximum absolute atomic E-state index is 13.8. The molecule has 1 saturated heterocycles. The van der Waals surface area contributed by atoms with Crippen LogP contribution in [0.4, 0.5) is 4.39 Å². The van der Waals surface area contributed by atoms with Crippen LogP contribution in [-0.4, -0.2) is 56.3 Å². The minimum Gasteiger partial charge on any atom is -0.493 e. The third-order valence-electron chi connectivity index (χ3n) is 5.33. The van der Waals surface area contributed by atoms with E-state index in [4.69, 9.17) is 9.47 Å². The number of nitrogens with one attached hydrogen (secondary N) is 1. The van der Waals surface area contributed by atoms with Gasteiger partial charge in [-0.2, -0.15) is 0 Å². The summed E-state index contributed by atoms with van der Waals surface area (Å²) in [7, 11) is 1.64. The number of nitrogens with zero attached hydrogens (tertiary/aromatic N) is 1. The number of methoxy groups -OCH3 is 1. The molecule has 0 radical (unpaired) electrons. The molecule has 0 aliphatic carbocycles. The molecule has 158 valence electrons. The highest BCUT2D eigenvalue weighted by atomic mass is 19.1. The lowest BCUT2D eigenvalue weighted by atomic mass is 10.0. The number of rotatable bonds is 8. The smallest absolute Gasteiger partial charge is 0.254 e. The van der Waals surface area contributed by atoms with E-state index in [2.05, 4.69) is 5.32 Å². The lowest BCUT2D eigenvalue weighted by molar-refractivity contribution is 0.0573. The fraction of sp³-hybridized carbons (Fsp3) is 0.522. The summed E-state index contributed by atoms with van der Waals surface area (Å²) in [6.07, 6.45) is 2.78. The van der Waals surface area contributed by atoms with Crippen molar-refractivity contribution in [2.24, 2.45) is 0 Å². The van der Waals surface area contributed by atoms with Crippen molar-refractivity contribution in [3.8, 4) is 5.75 Å². The van der Waals surface area contributed by atoms with Crippen LogP contribution in [0.3, 0.4) is 0 Å². The molecule has 1 fully saturated rings. The molecule has 1 N–H and O–H groups in total. The zero-order chi connectivity index (χ0) is 20.8. The normalized spacial score (nSPS) is 16.9. The van der Waals surface area contributed by atoms with E-state index in [0.717, 1.165) is 37.7 Å². The molecule has 1 heterocycles. The molecule has 29 heavy (non-hydrogen) atoms. The van der Waals surface area contributed by atoms with Gasteiger partial charge in [0.05, 0.1) is 6.61 Å². The first-order valence-electron chi connectivity index (χ1n) is 10.4. The summed E-state index contributed by atoms with van der Waals surface area (Å²) >= 11 is 0. The zero-order valence-corrected chi connectivity index (χ0v) is 17.5. The van der Waals surface area contributed by atoms with E-state index in [1.54, 1.807) is 19.2 Å². The van der Waals surface area contributed by atoms with Crippen LogP contribution < -0.4 is 10.1 Å². The number of benzene rings is 2. The van der Waals surface area contributed by atoms with Crippen molar-refractivity contribution >= 4 is 16.7 Å². The minimum atomic E-state index is -0.324. The molecule has 1 unspecified atom stereocenters. The van der Waals surface area contributed by atoms with Gasteiger partial charge in [-0.15, -0.1) is 0 Å². The zero-order valence-electron chi connectivity index (χ0n) is 17.5. The predicted octanol–water partition coefficient (Wildman–Crippen LogP) is 4.00. The van der Waals surface area contributed by atoms with Crippen LogP contribution in [0, 0.1) is 5.82 Å². The van der Waals surface area contributed by atoms with E-state index in [0.29, 0.717) is 29.9 Å². The van der Waals surface area contributed by atoms with E-state index in [9.17, 15) is 9.18 Å². The van der Waals surface area contributed by atoms with Gasteiger partial charge in [-0.3, -0.25) is 4.79 Å². The fourth-order valence-electron chi connectivity index (χ4n) is 3.97. The Morgan fingerprint density at radius 1 is 1.28 bits per heavy atom. The number of hydrogen-bond donors (Lipinski definition) is 1. The SMILES string of the molecule is COCCCOc1cc(C(=O)N(C(C)C)C2CCCNC2)cc2ccc(F)cc12. The van der Waals surface area contributed by atoms with Crippen molar-refractivity contribution in [2.45, 2.75) is 45.2 Å². The number of carbonyl (C=O) groups excluding carboxylic acids is 1. The fourth-order valence-corrected chi connectivity index (χ4v) is 3.97. The minimum absolute atomic E-state index is 0.0123. The first-order chi connectivity index (χ1) is 14.0. The van der Waals surface area contributed by atoms with E-state index in [1.165, 1.54) is 12.1 Å². The second kappa shape index (κ2) is 10.0. The Morgan fingerprint density at radius 2 is 2.10 bits per heavy atom. The highest BCUT2D eigenvalue weighted by molar-refractivity contribution is 6.01. The maximum Gasteiger partial charge on any atom is 0.254 e. The van der Waals surface area contributed by atoms with Gasteiger partial charge >= 0.3 is 0 Å². The summed E-state index contributed by atoms with van der Waals surface area (Å²) in [5, 5.41) is 4.86. The topological polar surface area (TPSA) is 50.8 Å². The molecule has 1 aliphatic rings. The van der Waals surface area contributed by atoms with Crippen LogP contribution in [0.5, 0.6) is 5.75 Å². The van der Waals surface area contributed by atoms with Gasteiger partial charge in [-0.25, -0.2) is 4.39 Å². The first kappa shape index (κ1) is 21.5. The van der Waals surface area contributed by atoms with Crippen molar-refractivity contribution < 1.29 is 18.7 Å².